The second-order valence-electron chi connectivity index (χ2n) is 3.59. The third kappa shape index (κ3) is 3.85. The van der Waals surface area contributed by atoms with Crippen molar-refractivity contribution in [3.05, 3.63) is 29.3 Å². The number of benzene rings is 1. The van der Waals surface area contributed by atoms with Crippen molar-refractivity contribution in [1.82, 2.24) is 0 Å². The Morgan fingerprint density at radius 3 is 2.47 bits per heavy atom. The van der Waals surface area contributed by atoms with Crippen molar-refractivity contribution >= 4 is 0 Å². The first-order chi connectivity index (χ1) is 6.92. The van der Waals surface area contributed by atoms with E-state index in [2.05, 4.69) is 0 Å². The molecule has 0 aliphatic carbocycles. The maximum Gasteiger partial charge on any atom is 0.271 e. The fourth-order valence-electron chi connectivity index (χ4n) is 1.27. The first-order valence-electron chi connectivity index (χ1n) is 4.77. The Bertz CT molecular complexity index is 333. The van der Waals surface area contributed by atoms with Gasteiger partial charge in [0.05, 0.1) is 0 Å². The van der Waals surface area contributed by atoms with Gasteiger partial charge in [-0.2, -0.15) is 0 Å². The predicted molar refractivity (Wildman–Crippen MR) is 59.9 cm³/mol. The molecule has 5 heteroatoms. The average Bonchev–Trinajstić information content (AvgIpc) is 2.09. The Labute approximate surface area is 89.4 Å². The van der Waals surface area contributed by atoms with Gasteiger partial charge in [0, 0.05) is 0 Å². The van der Waals surface area contributed by atoms with Crippen molar-refractivity contribution in [2.75, 3.05) is 6.54 Å². The second-order valence-corrected chi connectivity index (χ2v) is 3.59. The van der Waals surface area contributed by atoms with Gasteiger partial charge < -0.3 is 10.5 Å². The van der Waals surface area contributed by atoms with E-state index >= 15 is 0 Å². The van der Waals surface area contributed by atoms with Gasteiger partial charge in [0.15, 0.2) is 0 Å². The number of hydrogen-bond donors (Lipinski definition) is 4. The van der Waals surface area contributed by atoms with Crippen molar-refractivity contribution in [3.8, 4) is 5.75 Å². The van der Waals surface area contributed by atoms with E-state index in [1.54, 1.807) is 0 Å². The van der Waals surface area contributed by atoms with Crippen LogP contribution in [0.15, 0.2) is 18.2 Å². The Balaban J connectivity index is 2.90. The zero-order valence-electron chi connectivity index (χ0n) is 8.86. The third-order valence-electron chi connectivity index (χ3n) is 1.97. The Kier molecular flexibility index (Phi) is 3.65. The molecule has 8 N–H and O–H groups in total. The van der Waals surface area contributed by atoms with Crippen LogP contribution in [0.4, 0.5) is 0 Å². The summed E-state index contributed by atoms with van der Waals surface area (Å²) in [4.78, 5) is 0. The van der Waals surface area contributed by atoms with Crippen LogP contribution in [0.25, 0.3) is 0 Å². The predicted octanol–water partition coefficient (Wildman–Crippen LogP) is -0.638. The van der Waals surface area contributed by atoms with Crippen molar-refractivity contribution in [1.29, 1.82) is 0 Å². The lowest BCUT2D eigenvalue weighted by Crippen LogP contribution is -2.62. The molecule has 0 atom stereocenters. The maximum absolute atomic E-state index is 5.46. The topological polar surface area (TPSA) is 113 Å². The standard InChI is InChI=1S/C10H18N4O/c1-7-2-3-8(4-5-11)6-9(7)15-10(12,13)14/h2-3,6H,4-5,11-14H2,1H3. The average molecular weight is 210 g/mol. The highest BCUT2D eigenvalue weighted by molar-refractivity contribution is 5.37. The largest absolute Gasteiger partial charge is 0.447 e. The first kappa shape index (κ1) is 11.9. The molecule has 0 fully saturated rings. The van der Waals surface area contributed by atoms with Gasteiger partial charge >= 0.3 is 0 Å². The summed E-state index contributed by atoms with van der Waals surface area (Å²) in [5.41, 5.74) is 23.6. The number of nitrogens with two attached hydrogens (primary N) is 4. The van der Waals surface area contributed by atoms with Gasteiger partial charge in [-0.1, -0.05) is 12.1 Å². The highest BCUT2D eigenvalue weighted by Gasteiger charge is 2.15. The number of hydrogen-bond acceptors (Lipinski definition) is 5. The van der Waals surface area contributed by atoms with Gasteiger partial charge in [-0.25, -0.2) is 0 Å². The molecule has 0 aromatic heterocycles. The molecule has 0 bridgehead atoms. The van der Waals surface area contributed by atoms with E-state index in [4.69, 9.17) is 27.7 Å². The van der Waals surface area contributed by atoms with Crippen LogP contribution in [0, 0.1) is 6.92 Å². The minimum absolute atomic E-state index is 0.585. The zero-order chi connectivity index (χ0) is 11.5. The SMILES string of the molecule is Cc1ccc(CCN)cc1OC(N)(N)N. The normalized spacial score (nSPS) is 11.5. The molecule has 84 valence electrons. The summed E-state index contributed by atoms with van der Waals surface area (Å²) in [6.07, 6.45) is 0.781. The lowest BCUT2D eigenvalue weighted by molar-refractivity contribution is 0.0892. The van der Waals surface area contributed by atoms with E-state index in [9.17, 15) is 0 Å². The van der Waals surface area contributed by atoms with E-state index in [0.717, 1.165) is 17.5 Å². The van der Waals surface area contributed by atoms with Crippen LogP contribution in [0.3, 0.4) is 0 Å². The summed E-state index contributed by atoms with van der Waals surface area (Å²) in [5, 5.41) is 0. The van der Waals surface area contributed by atoms with Crippen LogP contribution in [-0.4, -0.2) is 12.5 Å². The molecule has 0 saturated heterocycles. The lowest BCUT2D eigenvalue weighted by Gasteiger charge is -2.22. The van der Waals surface area contributed by atoms with Gasteiger partial charge in [-0.15, -0.1) is 0 Å². The van der Waals surface area contributed by atoms with E-state index in [-0.39, 0.29) is 0 Å². The Hall–Kier alpha value is -1.14. The van der Waals surface area contributed by atoms with E-state index in [0.29, 0.717) is 12.3 Å². The molecule has 0 spiro atoms. The molecule has 5 nitrogen and oxygen atoms in total. The quantitative estimate of drug-likeness (QED) is 0.494. The number of rotatable bonds is 4. The smallest absolute Gasteiger partial charge is 0.271 e. The van der Waals surface area contributed by atoms with Crippen LogP contribution >= 0.6 is 0 Å². The zero-order valence-corrected chi connectivity index (χ0v) is 8.86. The van der Waals surface area contributed by atoms with E-state index in [1.165, 1.54) is 0 Å². The van der Waals surface area contributed by atoms with Gasteiger partial charge in [0.2, 0.25) is 0 Å². The van der Waals surface area contributed by atoms with Crippen molar-refractivity contribution in [2.24, 2.45) is 22.9 Å². The van der Waals surface area contributed by atoms with Gasteiger partial charge in [-0.3, -0.25) is 17.2 Å². The van der Waals surface area contributed by atoms with Gasteiger partial charge in [0.1, 0.15) is 5.75 Å². The number of aryl methyl sites for hydroxylation is 1. The molecule has 0 aliphatic rings. The fraction of sp³-hybridized carbons (Fsp3) is 0.400. The molecule has 0 unspecified atom stereocenters. The Morgan fingerprint density at radius 1 is 1.27 bits per heavy atom. The summed E-state index contributed by atoms with van der Waals surface area (Å²) < 4.78 is 5.21. The third-order valence-corrected chi connectivity index (χ3v) is 1.97. The highest BCUT2D eigenvalue weighted by atomic mass is 16.5. The van der Waals surface area contributed by atoms with E-state index in [1.807, 2.05) is 25.1 Å². The summed E-state index contributed by atoms with van der Waals surface area (Å²) in [7, 11) is 0. The lowest BCUT2D eigenvalue weighted by atomic mass is 10.1. The van der Waals surface area contributed by atoms with Crippen LogP contribution in [-0.2, 0) is 6.42 Å². The molecule has 0 saturated carbocycles. The minimum atomic E-state index is -1.65. The number of ether oxygens (including phenoxy) is 1. The molecule has 15 heavy (non-hydrogen) atoms. The monoisotopic (exact) mass is 210 g/mol. The summed E-state index contributed by atoms with van der Waals surface area (Å²) >= 11 is 0. The molecule has 1 aromatic rings. The van der Waals surface area contributed by atoms with Crippen LogP contribution in [0.2, 0.25) is 0 Å². The summed E-state index contributed by atoms with van der Waals surface area (Å²) in [6.45, 7) is 2.48. The molecular weight excluding hydrogens is 192 g/mol. The molecule has 0 radical (unpaired) electrons. The summed E-state index contributed by atoms with van der Waals surface area (Å²) in [5.74, 6) is -1.06. The molecule has 1 aromatic carbocycles. The van der Waals surface area contributed by atoms with Gasteiger partial charge in [0.25, 0.3) is 5.97 Å². The van der Waals surface area contributed by atoms with Crippen LogP contribution in [0.5, 0.6) is 5.75 Å². The molecule has 1 rings (SSSR count). The van der Waals surface area contributed by atoms with Crippen molar-refractivity contribution in [2.45, 2.75) is 19.3 Å². The highest BCUT2D eigenvalue weighted by Crippen LogP contribution is 2.20. The molecule has 0 heterocycles. The minimum Gasteiger partial charge on any atom is -0.447 e. The van der Waals surface area contributed by atoms with Crippen LogP contribution < -0.4 is 27.7 Å². The summed E-state index contributed by atoms with van der Waals surface area (Å²) in [6, 6.07) is 5.76. The first-order valence-corrected chi connectivity index (χ1v) is 4.77. The molecule has 0 aliphatic heterocycles. The van der Waals surface area contributed by atoms with Gasteiger partial charge in [-0.05, 0) is 37.1 Å². The Morgan fingerprint density at radius 2 is 1.93 bits per heavy atom. The van der Waals surface area contributed by atoms with E-state index < -0.39 is 5.97 Å². The van der Waals surface area contributed by atoms with Crippen LogP contribution in [0.1, 0.15) is 11.1 Å². The molecular formula is C10H18N4O. The molecule has 0 amide bonds. The van der Waals surface area contributed by atoms with Crippen molar-refractivity contribution < 1.29 is 4.74 Å². The second kappa shape index (κ2) is 4.59. The van der Waals surface area contributed by atoms with Crippen molar-refractivity contribution in [3.63, 3.8) is 0 Å². The maximum atomic E-state index is 5.46. The fourth-order valence-corrected chi connectivity index (χ4v) is 1.27.